The summed E-state index contributed by atoms with van der Waals surface area (Å²) in [5.41, 5.74) is 2.74. The summed E-state index contributed by atoms with van der Waals surface area (Å²) in [6.45, 7) is 5.67. The van der Waals surface area contributed by atoms with E-state index in [-0.39, 0.29) is 11.4 Å². The number of nitrogens with zero attached hydrogens (tertiary/aromatic N) is 3. The van der Waals surface area contributed by atoms with Crippen LogP contribution in [0.1, 0.15) is 12.5 Å². The van der Waals surface area contributed by atoms with E-state index in [1.165, 1.54) is 17.4 Å². The van der Waals surface area contributed by atoms with Crippen LogP contribution in [-0.2, 0) is 7.05 Å². The van der Waals surface area contributed by atoms with Crippen molar-refractivity contribution in [3.63, 3.8) is 0 Å². The van der Waals surface area contributed by atoms with Gasteiger partial charge in [-0.05, 0) is 18.6 Å². The first-order valence-corrected chi connectivity index (χ1v) is 8.78. The Kier molecular flexibility index (Phi) is 3.81. The lowest BCUT2D eigenvalue weighted by atomic mass is 10.0. The summed E-state index contributed by atoms with van der Waals surface area (Å²) < 4.78 is 16.9. The fourth-order valence-corrected chi connectivity index (χ4v) is 3.72. The van der Waals surface area contributed by atoms with Crippen LogP contribution in [0.3, 0.4) is 0 Å². The molecule has 3 aromatic heterocycles. The van der Waals surface area contributed by atoms with Crippen LogP contribution in [0.4, 0.5) is 4.39 Å². The Labute approximate surface area is 152 Å². The van der Waals surface area contributed by atoms with E-state index >= 15 is 0 Å². The van der Waals surface area contributed by atoms with Crippen molar-refractivity contribution in [3.05, 3.63) is 64.3 Å². The second-order valence-corrected chi connectivity index (χ2v) is 6.96. The smallest absolute Gasteiger partial charge is 0.269 e. The van der Waals surface area contributed by atoms with Crippen LogP contribution >= 0.6 is 11.3 Å². The van der Waals surface area contributed by atoms with Crippen molar-refractivity contribution >= 4 is 27.1 Å². The third-order valence-corrected chi connectivity index (χ3v) is 5.18. The first-order chi connectivity index (χ1) is 12.5. The van der Waals surface area contributed by atoms with Crippen LogP contribution in [0, 0.1) is 5.82 Å². The van der Waals surface area contributed by atoms with Gasteiger partial charge in [0.25, 0.3) is 5.56 Å². The Hall–Kier alpha value is -3.06. The predicted molar refractivity (Wildman–Crippen MR) is 103 cm³/mol. The number of aromatic nitrogens is 4. The minimum atomic E-state index is -0.370. The van der Waals surface area contributed by atoms with Crippen molar-refractivity contribution in [1.82, 2.24) is 19.5 Å². The molecule has 26 heavy (non-hydrogen) atoms. The Balaban J connectivity index is 1.95. The van der Waals surface area contributed by atoms with Gasteiger partial charge < -0.3 is 9.55 Å². The molecule has 5 nitrogen and oxygen atoms in total. The van der Waals surface area contributed by atoms with Gasteiger partial charge in [-0.1, -0.05) is 24.3 Å². The molecule has 4 aromatic rings. The molecule has 1 N–H and O–H groups in total. The fraction of sp³-hybridized carbons (Fsp3) is 0.105. The molecule has 0 amide bonds. The average molecular weight is 366 g/mol. The largest absolute Gasteiger partial charge is 0.331 e. The lowest BCUT2D eigenvalue weighted by Crippen LogP contribution is -2.09. The third kappa shape index (κ3) is 2.57. The number of aryl methyl sites for hydroxylation is 1. The van der Waals surface area contributed by atoms with Crippen molar-refractivity contribution < 1.29 is 4.39 Å². The van der Waals surface area contributed by atoms with E-state index in [1.54, 1.807) is 28.4 Å². The van der Waals surface area contributed by atoms with Crippen LogP contribution < -0.4 is 5.56 Å². The van der Waals surface area contributed by atoms with Crippen LogP contribution in [0.5, 0.6) is 0 Å². The van der Waals surface area contributed by atoms with E-state index in [9.17, 15) is 9.18 Å². The van der Waals surface area contributed by atoms with Gasteiger partial charge in [0.15, 0.2) is 11.6 Å². The van der Waals surface area contributed by atoms with Gasteiger partial charge in [0.2, 0.25) is 0 Å². The lowest BCUT2D eigenvalue weighted by Gasteiger charge is -2.06. The predicted octanol–water partition coefficient (Wildman–Crippen LogP) is 4.22. The van der Waals surface area contributed by atoms with E-state index in [2.05, 4.69) is 21.5 Å². The maximum atomic E-state index is 14.7. The monoisotopic (exact) mass is 366 g/mol. The Bertz CT molecular complexity index is 1220. The molecule has 0 saturated heterocycles. The van der Waals surface area contributed by atoms with Crippen molar-refractivity contribution in [2.24, 2.45) is 7.05 Å². The first kappa shape index (κ1) is 16.4. The van der Waals surface area contributed by atoms with Crippen LogP contribution in [0.15, 0.2) is 47.3 Å². The molecular formula is C19H15FN4OS. The summed E-state index contributed by atoms with van der Waals surface area (Å²) in [4.78, 5) is 24.0. The molecule has 0 fully saturated rings. The van der Waals surface area contributed by atoms with E-state index in [0.717, 1.165) is 11.1 Å². The number of imidazole rings is 1. The first-order valence-electron chi connectivity index (χ1n) is 7.90. The molecule has 0 aliphatic heterocycles. The maximum absolute atomic E-state index is 14.7. The van der Waals surface area contributed by atoms with E-state index < -0.39 is 0 Å². The molecule has 0 atom stereocenters. The van der Waals surface area contributed by atoms with E-state index in [1.807, 2.05) is 20.0 Å². The number of hydrogen-bond donors (Lipinski definition) is 1. The number of halogens is 1. The summed E-state index contributed by atoms with van der Waals surface area (Å²) in [7, 11) is 1.82. The van der Waals surface area contributed by atoms with Gasteiger partial charge >= 0.3 is 0 Å². The molecule has 0 spiro atoms. The molecule has 3 heterocycles. The molecule has 1 aromatic carbocycles. The van der Waals surface area contributed by atoms with Crippen molar-refractivity contribution in [1.29, 1.82) is 0 Å². The highest BCUT2D eigenvalue weighted by Crippen LogP contribution is 2.34. The number of nitrogens with one attached hydrogen (secondary N) is 1. The quantitative estimate of drug-likeness (QED) is 0.590. The molecule has 0 radical (unpaired) electrons. The highest BCUT2D eigenvalue weighted by Gasteiger charge is 2.17. The van der Waals surface area contributed by atoms with Crippen molar-refractivity contribution in [2.75, 3.05) is 0 Å². The summed E-state index contributed by atoms with van der Waals surface area (Å²) in [5, 5.41) is 1.76. The van der Waals surface area contributed by atoms with E-state index in [4.69, 9.17) is 0 Å². The number of hydrogen-bond acceptors (Lipinski definition) is 4. The molecular weight excluding hydrogens is 351 g/mol. The molecule has 130 valence electrons. The Morgan fingerprint density at radius 1 is 1.35 bits per heavy atom. The zero-order valence-corrected chi connectivity index (χ0v) is 15.0. The SMILES string of the molecule is C=C(C)c1ccc(-c2csc3c(=O)[nH]c(-c4nccn4C)nc23)c(F)c1. The molecule has 0 unspecified atom stereocenters. The van der Waals surface area contributed by atoms with Crippen LogP contribution in [0.25, 0.3) is 38.6 Å². The lowest BCUT2D eigenvalue weighted by molar-refractivity contribution is 0.631. The summed E-state index contributed by atoms with van der Waals surface area (Å²) in [5.74, 6) is 0.527. The van der Waals surface area contributed by atoms with Crippen molar-refractivity contribution in [2.45, 2.75) is 6.92 Å². The fourth-order valence-electron chi connectivity index (χ4n) is 2.82. The summed E-state index contributed by atoms with van der Waals surface area (Å²) in [6, 6.07) is 4.97. The van der Waals surface area contributed by atoms with Gasteiger partial charge in [0.1, 0.15) is 10.5 Å². The zero-order chi connectivity index (χ0) is 18.4. The highest BCUT2D eigenvalue weighted by atomic mass is 32.1. The second-order valence-electron chi connectivity index (χ2n) is 6.08. The number of H-pyrrole nitrogens is 1. The number of rotatable bonds is 3. The molecule has 0 aliphatic rings. The minimum absolute atomic E-state index is 0.261. The second kappa shape index (κ2) is 6.03. The summed E-state index contributed by atoms with van der Waals surface area (Å²) in [6.07, 6.45) is 3.40. The Morgan fingerprint density at radius 2 is 2.15 bits per heavy atom. The van der Waals surface area contributed by atoms with Crippen LogP contribution in [0.2, 0.25) is 0 Å². The maximum Gasteiger partial charge on any atom is 0.269 e. The molecule has 0 saturated carbocycles. The summed E-state index contributed by atoms with van der Waals surface area (Å²) >= 11 is 1.25. The van der Waals surface area contributed by atoms with Gasteiger partial charge in [0.05, 0.1) is 5.52 Å². The van der Waals surface area contributed by atoms with Crippen LogP contribution in [-0.4, -0.2) is 19.5 Å². The van der Waals surface area contributed by atoms with Gasteiger partial charge in [-0.15, -0.1) is 11.3 Å². The average Bonchev–Trinajstić information content (AvgIpc) is 3.21. The number of benzene rings is 1. The number of fused-ring (bicyclic) bond motifs is 1. The normalized spacial score (nSPS) is 11.2. The standard InChI is InChI=1S/C19H15FN4OS/c1-10(2)11-4-5-12(14(20)8-11)13-9-26-16-15(13)22-17(23-19(16)25)18-21-6-7-24(18)3/h4-9H,1H2,2-3H3,(H,22,23,25). The number of aromatic amines is 1. The number of thiophene rings is 1. The van der Waals surface area contributed by atoms with Gasteiger partial charge in [-0.2, -0.15) is 0 Å². The Morgan fingerprint density at radius 3 is 2.81 bits per heavy atom. The zero-order valence-electron chi connectivity index (χ0n) is 14.2. The molecule has 7 heteroatoms. The van der Waals surface area contributed by atoms with Gasteiger partial charge in [-0.3, -0.25) is 4.79 Å². The molecule has 0 aliphatic carbocycles. The van der Waals surface area contributed by atoms with Crippen molar-refractivity contribution in [3.8, 4) is 22.8 Å². The topological polar surface area (TPSA) is 63.6 Å². The number of allylic oxidation sites excluding steroid dienone is 1. The molecule has 0 bridgehead atoms. The van der Waals surface area contributed by atoms with Gasteiger partial charge in [0, 0.05) is 35.9 Å². The molecule has 4 rings (SSSR count). The van der Waals surface area contributed by atoms with Gasteiger partial charge in [-0.25, -0.2) is 14.4 Å². The van der Waals surface area contributed by atoms with E-state index in [0.29, 0.717) is 33.0 Å². The third-order valence-electron chi connectivity index (χ3n) is 4.21. The minimum Gasteiger partial charge on any atom is -0.331 e. The highest BCUT2D eigenvalue weighted by molar-refractivity contribution is 7.17.